The number of nitrogen functional groups attached to an aromatic ring is 2. The number of carbonyl (C=O) groups excluding carboxylic acids is 2. The number of amidine groups is 2. The average Bonchev–Trinajstić information content (AvgIpc) is 2.84. The second kappa shape index (κ2) is 14.3. The molecule has 36 heavy (non-hydrogen) atoms. The summed E-state index contributed by atoms with van der Waals surface area (Å²) in [5, 5.41) is 14.8. The molecule has 0 saturated heterocycles. The van der Waals surface area contributed by atoms with Gasteiger partial charge in [0, 0.05) is 51.2 Å². The van der Waals surface area contributed by atoms with Crippen molar-refractivity contribution in [1.29, 1.82) is 10.8 Å². The van der Waals surface area contributed by atoms with Crippen molar-refractivity contribution in [1.82, 2.24) is 9.80 Å². The molecule has 6 N–H and O–H groups in total. The first kappa shape index (κ1) is 28.2. The lowest BCUT2D eigenvalue weighted by molar-refractivity contribution is -0.133. The summed E-state index contributed by atoms with van der Waals surface area (Å²) < 4.78 is 11.4. The van der Waals surface area contributed by atoms with Crippen LogP contribution in [0.1, 0.15) is 37.8 Å². The average molecular weight is 497 g/mol. The van der Waals surface area contributed by atoms with Crippen molar-refractivity contribution in [3.05, 3.63) is 59.7 Å². The van der Waals surface area contributed by atoms with Crippen LogP contribution in [0.4, 0.5) is 0 Å². The molecule has 2 rings (SSSR count). The van der Waals surface area contributed by atoms with E-state index in [1.54, 1.807) is 58.3 Å². The summed E-state index contributed by atoms with van der Waals surface area (Å²) in [4.78, 5) is 27.6. The van der Waals surface area contributed by atoms with Crippen molar-refractivity contribution < 1.29 is 19.1 Å². The first-order valence-electron chi connectivity index (χ1n) is 11.8. The molecule has 0 aliphatic heterocycles. The summed E-state index contributed by atoms with van der Waals surface area (Å²) in [5.74, 6) is 1.25. The molecule has 0 aliphatic carbocycles. The van der Waals surface area contributed by atoms with Crippen LogP contribution in [0.3, 0.4) is 0 Å². The summed E-state index contributed by atoms with van der Waals surface area (Å²) in [5.41, 5.74) is 12.2. The second-order valence-corrected chi connectivity index (χ2v) is 8.29. The molecule has 10 nitrogen and oxygen atoms in total. The van der Waals surface area contributed by atoms with Crippen LogP contribution in [0.25, 0.3) is 0 Å². The maximum atomic E-state index is 12.1. The fourth-order valence-electron chi connectivity index (χ4n) is 3.45. The van der Waals surface area contributed by atoms with Crippen LogP contribution in [-0.2, 0) is 9.59 Å². The molecule has 0 heterocycles. The third-order valence-corrected chi connectivity index (χ3v) is 5.54. The van der Waals surface area contributed by atoms with Crippen LogP contribution < -0.4 is 20.9 Å². The number of nitrogens with zero attached hydrogens (tertiary/aromatic N) is 2. The van der Waals surface area contributed by atoms with Crippen molar-refractivity contribution in [2.45, 2.75) is 26.7 Å². The van der Waals surface area contributed by atoms with E-state index in [0.29, 0.717) is 74.9 Å². The van der Waals surface area contributed by atoms with E-state index in [1.165, 1.54) is 13.8 Å². The van der Waals surface area contributed by atoms with Crippen LogP contribution in [-0.4, -0.2) is 72.7 Å². The summed E-state index contributed by atoms with van der Waals surface area (Å²) in [6, 6.07) is 13.9. The molecule has 0 aromatic heterocycles. The van der Waals surface area contributed by atoms with Gasteiger partial charge in [-0.25, -0.2) is 0 Å². The zero-order chi connectivity index (χ0) is 26.5. The van der Waals surface area contributed by atoms with Crippen LogP contribution >= 0.6 is 0 Å². The molecule has 0 atom stereocenters. The lowest BCUT2D eigenvalue weighted by Crippen LogP contribution is -2.41. The fourth-order valence-corrected chi connectivity index (χ4v) is 3.45. The highest BCUT2D eigenvalue weighted by atomic mass is 16.5. The van der Waals surface area contributed by atoms with Crippen LogP contribution in [0.2, 0.25) is 0 Å². The Hall–Kier alpha value is -4.08. The Morgan fingerprint density at radius 3 is 1.28 bits per heavy atom. The smallest absolute Gasteiger partial charge is 0.219 e. The number of hydrogen-bond acceptors (Lipinski definition) is 6. The molecule has 0 saturated carbocycles. The highest BCUT2D eigenvalue weighted by Gasteiger charge is 2.14. The highest BCUT2D eigenvalue weighted by Crippen LogP contribution is 2.13. The Balaban J connectivity index is 1.72. The van der Waals surface area contributed by atoms with E-state index in [0.717, 1.165) is 0 Å². The monoisotopic (exact) mass is 496 g/mol. The molecule has 10 heteroatoms. The SMILES string of the molecule is CC(=O)N(CCCOc1ccc(C(=N)N)cc1)CCN(CCCOc1ccc(C(=N)N)cc1)C(C)=O. The summed E-state index contributed by atoms with van der Waals surface area (Å²) in [7, 11) is 0. The molecule has 2 aromatic carbocycles. The first-order valence-corrected chi connectivity index (χ1v) is 11.8. The van der Waals surface area contributed by atoms with Crippen molar-refractivity contribution in [3.8, 4) is 11.5 Å². The van der Waals surface area contributed by atoms with E-state index in [9.17, 15) is 9.59 Å². The lowest BCUT2D eigenvalue weighted by Gasteiger charge is -2.26. The van der Waals surface area contributed by atoms with E-state index in [1.807, 2.05) is 0 Å². The van der Waals surface area contributed by atoms with E-state index >= 15 is 0 Å². The number of nitrogens with one attached hydrogen (secondary N) is 2. The van der Waals surface area contributed by atoms with Gasteiger partial charge in [-0.1, -0.05) is 0 Å². The standard InChI is InChI=1S/C26H36N6O4/c1-19(33)31(13-3-17-35-23-9-5-21(6-10-23)25(27)28)15-16-32(20(2)34)14-4-18-36-24-11-7-22(8-12-24)26(29)30/h5-12H,3-4,13-18H2,1-2H3,(H3,27,28)(H3,29,30). The molecule has 0 unspecified atom stereocenters. The Kier molecular flexibility index (Phi) is 11.2. The van der Waals surface area contributed by atoms with Gasteiger partial charge in [-0.3, -0.25) is 20.4 Å². The maximum absolute atomic E-state index is 12.1. The minimum absolute atomic E-state index is 0.00576. The number of hydrogen-bond donors (Lipinski definition) is 4. The summed E-state index contributed by atoms with van der Waals surface area (Å²) >= 11 is 0. The van der Waals surface area contributed by atoms with Gasteiger partial charge in [0.1, 0.15) is 23.2 Å². The third kappa shape index (κ3) is 9.65. The summed E-state index contributed by atoms with van der Waals surface area (Å²) in [6.45, 7) is 5.83. The van der Waals surface area contributed by atoms with Gasteiger partial charge in [0.15, 0.2) is 0 Å². The quantitative estimate of drug-likeness (QED) is 0.168. The molecular weight excluding hydrogens is 460 g/mol. The Labute approximate surface area is 212 Å². The Morgan fingerprint density at radius 2 is 1.00 bits per heavy atom. The molecule has 194 valence electrons. The van der Waals surface area contributed by atoms with E-state index < -0.39 is 0 Å². The van der Waals surface area contributed by atoms with Crippen LogP contribution in [0.15, 0.2) is 48.5 Å². The topological polar surface area (TPSA) is 159 Å². The van der Waals surface area contributed by atoms with E-state index in [-0.39, 0.29) is 23.5 Å². The van der Waals surface area contributed by atoms with Gasteiger partial charge in [0.05, 0.1) is 13.2 Å². The van der Waals surface area contributed by atoms with Gasteiger partial charge < -0.3 is 30.7 Å². The van der Waals surface area contributed by atoms with Gasteiger partial charge in [-0.2, -0.15) is 0 Å². The minimum Gasteiger partial charge on any atom is -0.494 e. The number of nitrogens with two attached hydrogens (primary N) is 2. The molecule has 0 spiro atoms. The van der Waals surface area contributed by atoms with Crippen LogP contribution in [0.5, 0.6) is 11.5 Å². The van der Waals surface area contributed by atoms with Gasteiger partial charge in [0.25, 0.3) is 0 Å². The molecule has 0 bridgehead atoms. The van der Waals surface area contributed by atoms with E-state index in [4.69, 9.17) is 31.8 Å². The summed E-state index contributed by atoms with van der Waals surface area (Å²) in [6.07, 6.45) is 1.29. The third-order valence-electron chi connectivity index (χ3n) is 5.54. The normalized spacial score (nSPS) is 10.4. The largest absolute Gasteiger partial charge is 0.494 e. The van der Waals surface area contributed by atoms with E-state index in [2.05, 4.69) is 0 Å². The lowest BCUT2D eigenvalue weighted by atomic mass is 10.2. The zero-order valence-electron chi connectivity index (χ0n) is 21.0. The predicted molar refractivity (Wildman–Crippen MR) is 140 cm³/mol. The number of benzene rings is 2. The molecule has 0 fully saturated rings. The second-order valence-electron chi connectivity index (χ2n) is 8.29. The number of rotatable bonds is 15. The van der Waals surface area contributed by atoms with Gasteiger partial charge >= 0.3 is 0 Å². The maximum Gasteiger partial charge on any atom is 0.219 e. The fraction of sp³-hybridized carbons (Fsp3) is 0.385. The predicted octanol–water partition coefficient (Wildman–Crippen LogP) is 2.19. The van der Waals surface area contributed by atoms with Gasteiger partial charge in [0.2, 0.25) is 11.8 Å². The van der Waals surface area contributed by atoms with Crippen molar-refractivity contribution in [3.63, 3.8) is 0 Å². The van der Waals surface area contributed by atoms with Crippen molar-refractivity contribution in [2.75, 3.05) is 39.4 Å². The van der Waals surface area contributed by atoms with Crippen LogP contribution in [0, 0.1) is 10.8 Å². The Bertz CT molecular complexity index is 940. The molecule has 0 aliphatic rings. The molecule has 0 radical (unpaired) electrons. The molecule has 2 amide bonds. The van der Waals surface area contributed by atoms with Crippen molar-refractivity contribution >= 4 is 23.5 Å². The Morgan fingerprint density at radius 1 is 0.667 bits per heavy atom. The minimum atomic E-state index is -0.0540. The molecular formula is C26H36N6O4. The van der Waals surface area contributed by atoms with Gasteiger partial charge in [-0.05, 0) is 61.4 Å². The van der Waals surface area contributed by atoms with Crippen molar-refractivity contribution in [2.24, 2.45) is 11.5 Å². The van der Waals surface area contributed by atoms with Gasteiger partial charge in [-0.15, -0.1) is 0 Å². The number of ether oxygens (including phenoxy) is 2. The highest BCUT2D eigenvalue weighted by molar-refractivity contribution is 5.95. The number of amides is 2. The first-order chi connectivity index (χ1) is 17.2. The number of carbonyl (C=O) groups is 2. The molecule has 2 aromatic rings. The zero-order valence-corrected chi connectivity index (χ0v) is 21.0.